The Morgan fingerprint density at radius 3 is 3.17 bits per heavy atom. The van der Waals surface area contributed by atoms with Crippen LogP contribution in [0.15, 0.2) is 23.3 Å². The summed E-state index contributed by atoms with van der Waals surface area (Å²) in [5.41, 5.74) is 7.56. The number of hydrazine groups is 1. The Hall–Kier alpha value is -2.41. The molecule has 0 bridgehead atoms. The highest BCUT2D eigenvalue weighted by atomic mass is 16.6. The van der Waals surface area contributed by atoms with Gasteiger partial charge in [-0.2, -0.15) is 5.10 Å². The van der Waals surface area contributed by atoms with Crippen molar-refractivity contribution >= 4 is 18.1 Å². The van der Waals surface area contributed by atoms with Crippen LogP contribution in [0.2, 0.25) is 0 Å². The van der Waals surface area contributed by atoms with E-state index in [1.165, 1.54) is 0 Å². The molecule has 0 aliphatic carbocycles. The van der Waals surface area contributed by atoms with Gasteiger partial charge in [0, 0.05) is 17.7 Å². The molecular formula is C11H10N4O3. The van der Waals surface area contributed by atoms with Gasteiger partial charge in [0.05, 0.1) is 5.71 Å². The number of nitrogens with one attached hydrogen (secondary N) is 3. The maximum atomic E-state index is 11.0. The molecule has 0 saturated heterocycles. The van der Waals surface area contributed by atoms with Crippen molar-refractivity contribution in [2.24, 2.45) is 5.10 Å². The molecule has 3 N–H and O–H groups in total. The fraction of sp³-hybridized carbons (Fsp3) is 0.182. The lowest BCUT2D eigenvalue weighted by Gasteiger charge is -2.17. The lowest BCUT2D eigenvalue weighted by molar-refractivity contribution is -0.108. The number of hydrazone groups is 1. The molecule has 1 atom stereocenters. The molecule has 2 aliphatic heterocycles. The average Bonchev–Trinajstić information content (AvgIpc) is 2.86. The molecular weight excluding hydrogens is 236 g/mol. The number of benzene rings is 1. The number of carbonyl (C=O) groups is 2. The van der Waals surface area contributed by atoms with E-state index in [2.05, 4.69) is 21.4 Å². The first kappa shape index (κ1) is 10.7. The molecule has 0 radical (unpaired) electrons. The third-order valence-electron chi connectivity index (χ3n) is 2.81. The Labute approximate surface area is 102 Å². The number of aldehydes is 1. The van der Waals surface area contributed by atoms with Gasteiger partial charge in [-0.1, -0.05) is 0 Å². The SMILES string of the molecule is O=CC1NNN=C1c1ccc2c(c1)CNC(=O)O2. The van der Waals surface area contributed by atoms with Crippen LogP contribution in [0.4, 0.5) is 4.79 Å². The van der Waals surface area contributed by atoms with Crippen molar-refractivity contribution in [3.05, 3.63) is 29.3 Å². The second kappa shape index (κ2) is 4.11. The number of fused-ring (bicyclic) bond motifs is 1. The highest BCUT2D eigenvalue weighted by molar-refractivity contribution is 6.12. The summed E-state index contributed by atoms with van der Waals surface area (Å²) in [5, 5.41) is 6.60. The Morgan fingerprint density at radius 1 is 1.44 bits per heavy atom. The van der Waals surface area contributed by atoms with Gasteiger partial charge in [-0.05, 0) is 18.2 Å². The van der Waals surface area contributed by atoms with Crippen LogP contribution >= 0.6 is 0 Å². The molecule has 92 valence electrons. The number of hydrogen-bond acceptors (Lipinski definition) is 6. The van der Waals surface area contributed by atoms with Gasteiger partial charge in [-0.15, -0.1) is 0 Å². The molecule has 1 amide bonds. The number of hydrogen-bond donors (Lipinski definition) is 3. The Morgan fingerprint density at radius 2 is 2.33 bits per heavy atom. The second-order valence-corrected chi connectivity index (χ2v) is 3.93. The molecule has 18 heavy (non-hydrogen) atoms. The van der Waals surface area contributed by atoms with E-state index in [0.29, 0.717) is 18.0 Å². The molecule has 0 spiro atoms. The Kier molecular flexibility index (Phi) is 2.45. The van der Waals surface area contributed by atoms with Crippen molar-refractivity contribution < 1.29 is 14.3 Å². The van der Waals surface area contributed by atoms with Crippen molar-refractivity contribution in [1.29, 1.82) is 0 Å². The summed E-state index contributed by atoms with van der Waals surface area (Å²) in [4.78, 5) is 21.9. The molecule has 3 rings (SSSR count). The number of ether oxygens (including phenoxy) is 1. The summed E-state index contributed by atoms with van der Waals surface area (Å²) in [5.74, 6) is 0.532. The van der Waals surface area contributed by atoms with Crippen LogP contribution in [-0.4, -0.2) is 24.1 Å². The molecule has 7 nitrogen and oxygen atoms in total. The molecule has 0 aromatic heterocycles. The zero-order valence-electron chi connectivity index (χ0n) is 9.27. The Balaban J connectivity index is 1.95. The summed E-state index contributed by atoms with van der Waals surface area (Å²) < 4.78 is 5.01. The summed E-state index contributed by atoms with van der Waals surface area (Å²) in [7, 11) is 0. The van der Waals surface area contributed by atoms with Gasteiger partial charge in [0.25, 0.3) is 0 Å². The van der Waals surface area contributed by atoms with Crippen LogP contribution in [0.25, 0.3) is 0 Å². The lowest BCUT2D eigenvalue weighted by atomic mass is 10.0. The molecule has 0 fully saturated rings. The topological polar surface area (TPSA) is 91.8 Å². The molecule has 2 aliphatic rings. The zero-order valence-corrected chi connectivity index (χ0v) is 9.27. The van der Waals surface area contributed by atoms with Crippen LogP contribution in [0.5, 0.6) is 5.75 Å². The third-order valence-corrected chi connectivity index (χ3v) is 2.81. The molecule has 1 aromatic rings. The summed E-state index contributed by atoms with van der Waals surface area (Å²) in [6, 6.07) is 4.84. The molecule has 1 unspecified atom stereocenters. The number of rotatable bonds is 2. The summed E-state index contributed by atoms with van der Waals surface area (Å²) in [6.07, 6.45) is 0.318. The minimum absolute atomic E-state index is 0.405. The predicted octanol–water partition coefficient (Wildman–Crippen LogP) is -0.332. The van der Waals surface area contributed by atoms with Crippen LogP contribution in [-0.2, 0) is 11.3 Å². The molecule has 2 heterocycles. The maximum Gasteiger partial charge on any atom is 0.412 e. The van der Waals surface area contributed by atoms with Crippen molar-refractivity contribution in [1.82, 2.24) is 16.3 Å². The van der Waals surface area contributed by atoms with Crippen LogP contribution < -0.4 is 21.0 Å². The number of nitrogens with zero attached hydrogens (tertiary/aromatic N) is 1. The fourth-order valence-corrected chi connectivity index (χ4v) is 1.92. The average molecular weight is 246 g/mol. The molecule has 1 aromatic carbocycles. The first-order chi connectivity index (χ1) is 8.78. The van der Waals surface area contributed by atoms with Crippen LogP contribution in [0, 0.1) is 0 Å². The monoisotopic (exact) mass is 246 g/mol. The van der Waals surface area contributed by atoms with Crippen molar-refractivity contribution in [3.8, 4) is 5.75 Å². The van der Waals surface area contributed by atoms with E-state index in [1.807, 2.05) is 6.07 Å². The molecule has 7 heteroatoms. The van der Waals surface area contributed by atoms with Gasteiger partial charge in [0.2, 0.25) is 0 Å². The van der Waals surface area contributed by atoms with E-state index in [0.717, 1.165) is 17.4 Å². The van der Waals surface area contributed by atoms with E-state index in [4.69, 9.17) is 4.74 Å². The van der Waals surface area contributed by atoms with Gasteiger partial charge in [-0.3, -0.25) is 0 Å². The highest BCUT2D eigenvalue weighted by Crippen LogP contribution is 2.24. The maximum absolute atomic E-state index is 11.0. The third kappa shape index (κ3) is 1.70. The highest BCUT2D eigenvalue weighted by Gasteiger charge is 2.24. The van der Waals surface area contributed by atoms with Crippen LogP contribution in [0.1, 0.15) is 11.1 Å². The van der Waals surface area contributed by atoms with Crippen molar-refractivity contribution in [2.45, 2.75) is 12.6 Å². The van der Waals surface area contributed by atoms with E-state index >= 15 is 0 Å². The Bertz CT molecular complexity index is 555. The van der Waals surface area contributed by atoms with Crippen LogP contribution in [0.3, 0.4) is 0 Å². The van der Waals surface area contributed by atoms with Gasteiger partial charge in [0.1, 0.15) is 18.1 Å². The number of carbonyl (C=O) groups excluding carboxylic acids is 2. The first-order valence-corrected chi connectivity index (χ1v) is 5.40. The van der Waals surface area contributed by atoms with Gasteiger partial charge in [0.15, 0.2) is 0 Å². The normalized spacial score (nSPS) is 21.2. The second-order valence-electron chi connectivity index (χ2n) is 3.93. The van der Waals surface area contributed by atoms with Gasteiger partial charge >= 0.3 is 6.09 Å². The number of amides is 1. The minimum atomic E-state index is -0.470. The smallest absolute Gasteiger partial charge is 0.410 e. The van der Waals surface area contributed by atoms with E-state index in [-0.39, 0.29) is 0 Å². The predicted molar refractivity (Wildman–Crippen MR) is 62.0 cm³/mol. The van der Waals surface area contributed by atoms with E-state index in [9.17, 15) is 9.59 Å². The van der Waals surface area contributed by atoms with E-state index < -0.39 is 12.1 Å². The van der Waals surface area contributed by atoms with Crippen molar-refractivity contribution in [3.63, 3.8) is 0 Å². The van der Waals surface area contributed by atoms with Gasteiger partial charge < -0.3 is 14.8 Å². The standard InChI is InChI=1S/C11H10N4O3/c16-5-8-10(14-15-13-8)6-1-2-9-7(3-6)4-12-11(17)18-9/h1-3,5,8,13,15H,4H2,(H,12,17). The largest absolute Gasteiger partial charge is 0.412 e. The lowest BCUT2D eigenvalue weighted by Crippen LogP contribution is -2.36. The first-order valence-electron chi connectivity index (χ1n) is 5.40. The van der Waals surface area contributed by atoms with Gasteiger partial charge in [-0.25, -0.2) is 15.8 Å². The minimum Gasteiger partial charge on any atom is -0.410 e. The zero-order chi connectivity index (χ0) is 12.5. The summed E-state index contributed by atoms with van der Waals surface area (Å²) >= 11 is 0. The summed E-state index contributed by atoms with van der Waals surface area (Å²) in [6.45, 7) is 0.405. The molecule has 0 saturated carbocycles. The van der Waals surface area contributed by atoms with Crippen molar-refractivity contribution in [2.75, 3.05) is 0 Å². The quantitative estimate of drug-likeness (QED) is 0.621. The van der Waals surface area contributed by atoms with E-state index in [1.54, 1.807) is 12.1 Å². The fourth-order valence-electron chi connectivity index (χ4n) is 1.92.